The van der Waals surface area contributed by atoms with Gasteiger partial charge in [0.1, 0.15) is 0 Å². The van der Waals surface area contributed by atoms with Crippen LogP contribution in [0.1, 0.15) is 25.3 Å². The number of benzene rings is 1. The Bertz CT molecular complexity index is 478. The molecule has 1 saturated heterocycles. The summed E-state index contributed by atoms with van der Waals surface area (Å²) in [6.45, 7) is 4.11. The van der Waals surface area contributed by atoms with Crippen molar-refractivity contribution in [1.82, 2.24) is 4.90 Å². The van der Waals surface area contributed by atoms with Crippen molar-refractivity contribution in [3.8, 4) is 0 Å². The molecule has 116 valence electrons. The Balaban J connectivity index is 1.99. The smallest absolute Gasteiger partial charge is 0.241 e. The van der Waals surface area contributed by atoms with Crippen LogP contribution < -0.4 is 11.1 Å². The summed E-state index contributed by atoms with van der Waals surface area (Å²) in [4.78, 5) is 14.6. The van der Waals surface area contributed by atoms with Crippen molar-refractivity contribution in [1.29, 1.82) is 0 Å². The Morgan fingerprint density at radius 1 is 1.52 bits per heavy atom. The van der Waals surface area contributed by atoms with E-state index in [0.717, 1.165) is 37.2 Å². The van der Waals surface area contributed by atoms with Gasteiger partial charge >= 0.3 is 0 Å². The molecule has 2 rings (SSSR count). The van der Waals surface area contributed by atoms with E-state index in [-0.39, 0.29) is 18.1 Å². The fourth-order valence-electron chi connectivity index (χ4n) is 2.73. The van der Waals surface area contributed by atoms with E-state index in [4.69, 9.17) is 10.5 Å². The zero-order valence-electron chi connectivity index (χ0n) is 12.8. The third-order valence-electron chi connectivity index (χ3n) is 4.17. The first kappa shape index (κ1) is 15.9. The maximum absolute atomic E-state index is 12.4. The van der Waals surface area contributed by atoms with Gasteiger partial charge in [0.15, 0.2) is 0 Å². The molecular weight excluding hydrogens is 266 g/mol. The molecule has 5 heteroatoms. The summed E-state index contributed by atoms with van der Waals surface area (Å²) in [5.74, 6) is 0.00709. The lowest BCUT2D eigenvalue weighted by Crippen LogP contribution is -2.49. The van der Waals surface area contributed by atoms with Crippen LogP contribution in [0.2, 0.25) is 0 Å². The lowest BCUT2D eigenvalue weighted by Gasteiger charge is -2.35. The number of amides is 1. The lowest BCUT2D eigenvalue weighted by atomic mass is 10.1. The molecule has 3 N–H and O–H groups in total. The molecule has 0 saturated carbocycles. The molecule has 1 heterocycles. The van der Waals surface area contributed by atoms with Crippen LogP contribution in [0.3, 0.4) is 0 Å². The second-order valence-electron chi connectivity index (χ2n) is 5.52. The number of anilines is 1. The zero-order chi connectivity index (χ0) is 15.2. The normalized spacial score (nSPS) is 21.0. The Labute approximate surface area is 126 Å². The third kappa shape index (κ3) is 4.03. The highest BCUT2D eigenvalue weighted by molar-refractivity contribution is 5.95. The summed E-state index contributed by atoms with van der Waals surface area (Å²) in [5.41, 5.74) is 7.46. The van der Waals surface area contributed by atoms with Crippen molar-refractivity contribution in [2.24, 2.45) is 5.73 Å². The Morgan fingerprint density at radius 3 is 3.00 bits per heavy atom. The summed E-state index contributed by atoms with van der Waals surface area (Å²) in [6.07, 6.45) is 2.36. The molecule has 0 radical (unpaired) electrons. The minimum absolute atomic E-state index is 0.00709. The van der Waals surface area contributed by atoms with Crippen molar-refractivity contribution in [3.63, 3.8) is 0 Å². The lowest BCUT2D eigenvalue weighted by molar-refractivity contribution is -0.122. The largest absolute Gasteiger partial charge is 0.380 e. The number of para-hydroxylation sites is 1. The van der Waals surface area contributed by atoms with Crippen LogP contribution in [0, 0.1) is 0 Å². The maximum Gasteiger partial charge on any atom is 0.241 e. The number of ether oxygens (including phenoxy) is 1. The van der Waals surface area contributed by atoms with Gasteiger partial charge in [-0.2, -0.15) is 0 Å². The van der Waals surface area contributed by atoms with Crippen molar-refractivity contribution in [2.75, 3.05) is 25.5 Å². The molecule has 1 aliphatic heterocycles. The molecule has 1 fully saturated rings. The SMILES string of the molecule is COC1CCCN(C(C)C(=O)Nc2ccccc2CN)C1. The third-order valence-corrected chi connectivity index (χ3v) is 4.17. The average Bonchev–Trinajstić information content (AvgIpc) is 2.54. The first-order valence-electron chi connectivity index (χ1n) is 7.51. The number of nitrogens with one attached hydrogen (secondary N) is 1. The quantitative estimate of drug-likeness (QED) is 0.864. The molecule has 0 spiro atoms. The minimum atomic E-state index is -0.172. The predicted octanol–water partition coefficient (Wildman–Crippen LogP) is 1.58. The molecule has 5 nitrogen and oxygen atoms in total. The number of rotatable bonds is 5. The first-order valence-corrected chi connectivity index (χ1v) is 7.51. The van der Waals surface area contributed by atoms with E-state index in [9.17, 15) is 4.79 Å². The van der Waals surface area contributed by atoms with E-state index in [1.165, 1.54) is 0 Å². The van der Waals surface area contributed by atoms with Gasteiger partial charge in [0.05, 0.1) is 12.1 Å². The molecule has 2 unspecified atom stereocenters. The van der Waals surface area contributed by atoms with Gasteiger partial charge in [0.2, 0.25) is 5.91 Å². The molecule has 1 aliphatic rings. The fourth-order valence-corrected chi connectivity index (χ4v) is 2.73. The molecule has 2 atom stereocenters. The van der Waals surface area contributed by atoms with Crippen molar-refractivity contribution >= 4 is 11.6 Å². The van der Waals surface area contributed by atoms with Gasteiger partial charge in [-0.3, -0.25) is 9.69 Å². The first-order chi connectivity index (χ1) is 10.2. The number of piperidine rings is 1. The summed E-state index contributed by atoms with van der Waals surface area (Å²) < 4.78 is 5.42. The number of hydrogen-bond donors (Lipinski definition) is 2. The van der Waals surface area contributed by atoms with Crippen LogP contribution in [0.5, 0.6) is 0 Å². The zero-order valence-corrected chi connectivity index (χ0v) is 12.8. The molecule has 1 aromatic rings. The van der Waals surface area contributed by atoms with Gasteiger partial charge in [-0.05, 0) is 37.9 Å². The van der Waals surface area contributed by atoms with E-state index in [2.05, 4.69) is 10.2 Å². The Morgan fingerprint density at radius 2 is 2.29 bits per heavy atom. The van der Waals surface area contributed by atoms with Crippen LogP contribution >= 0.6 is 0 Å². The molecule has 0 aliphatic carbocycles. The number of nitrogens with zero attached hydrogens (tertiary/aromatic N) is 1. The van der Waals surface area contributed by atoms with Gasteiger partial charge in [-0.1, -0.05) is 18.2 Å². The summed E-state index contributed by atoms with van der Waals surface area (Å²) in [6, 6.07) is 7.48. The van der Waals surface area contributed by atoms with Crippen LogP contribution in [0.25, 0.3) is 0 Å². The minimum Gasteiger partial charge on any atom is -0.380 e. The van der Waals surface area contributed by atoms with Gasteiger partial charge in [-0.15, -0.1) is 0 Å². The maximum atomic E-state index is 12.4. The van der Waals surface area contributed by atoms with Crippen molar-refractivity contribution in [3.05, 3.63) is 29.8 Å². The Hall–Kier alpha value is -1.43. The van der Waals surface area contributed by atoms with Gasteiger partial charge in [-0.25, -0.2) is 0 Å². The Kier molecular flexibility index (Phi) is 5.73. The van der Waals surface area contributed by atoms with Crippen LogP contribution in [0.15, 0.2) is 24.3 Å². The van der Waals surface area contributed by atoms with E-state index in [1.54, 1.807) is 7.11 Å². The van der Waals surface area contributed by atoms with Crippen molar-refractivity contribution in [2.45, 2.75) is 38.5 Å². The topological polar surface area (TPSA) is 67.6 Å². The van der Waals surface area contributed by atoms with E-state index < -0.39 is 0 Å². The molecule has 0 bridgehead atoms. The second kappa shape index (κ2) is 7.54. The van der Waals surface area contributed by atoms with Gasteiger partial charge in [0.25, 0.3) is 0 Å². The number of carbonyl (C=O) groups excluding carboxylic acids is 1. The van der Waals surface area contributed by atoms with Gasteiger partial charge < -0.3 is 15.8 Å². The molecule has 1 amide bonds. The number of carbonyl (C=O) groups is 1. The second-order valence-corrected chi connectivity index (χ2v) is 5.52. The molecular formula is C16H25N3O2. The highest BCUT2D eigenvalue weighted by Crippen LogP contribution is 2.18. The van der Waals surface area contributed by atoms with E-state index in [1.807, 2.05) is 31.2 Å². The monoisotopic (exact) mass is 291 g/mol. The number of likely N-dealkylation sites (tertiary alicyclic amines) is 1. The fraction of sp³-hybridized carbons (Fsp3) is 0.562. The molecule has 21 heavy (non-hydrogen) atoms. The average molecular weight is 291 g/mol. The van der Waals surface area contributed by atoms with Gasteiger partial charge in [0, 0.05) is 25.9 Å². The number of nitrogens with two attached hydrogens (primary N) is 1. The summed E-state index contributed by atoms with van der Waals surface area (Å²) >= 11 is 0. The number of methoxy groups -OCH3 is 1. The van der Waals surface area contributed by atoms with Crippen molar-refractivity contribution < 1.29 is 9.53 Å². The van der Waals surface area contributed by atoms with E-state index in [0.29, 0.717) is 6.54 Å². The van der Waals surface area contributed by atoms with Crippen LogP contribution in [-0.4, -0.2) is 43.2 Å². The van der Waals surface area contributed by atoms with Crippen LogP contribution in [-0.2, 0) is 16.1 Å². The summed E-state index contributed by atoms with van der Waals surface area (Å²) in [7, 11) is 1.73. The standard InChI is InChI=1S/C16H25N3O2/c1-12(19-9-5-7-14(11-19)21-2)16(20)18-15-8-4-3-6-13(15)10-17/h3-4,6,8,12,14H,5,7,9-11,17H2,1-2H3,(H,18,20). The van der Waals surface area contributed by atoms with Crippen LogP contribution in [0.4, 0.5) is 5.69 Å². The number of hydrogen-bond acceptors (Lipinski definition) is 4. The predicted molar refractivity (Wildman–Crippen MR) is 84.0 cm³/mol. The summed E-state index contributed by atoms with van der Waals surface area (Å²) in [5, 5.41) is 2.99. The highest BCUT2D eigenvalue weighted by atomic mass is 16.5. The highest BCUT2D eigenvalue weighted by Gasteiger charge is 2.27. The molecule has 1 aromatic carbocycles. The van der Waals surface area contributed by atoms with E-state index >= 15 is 0 Å². The molecule has 0 aromatic heterocycles.